The number of aliphatic imine (C=N–C) groups is 1. The molecule has 0 bridgehead atoms. The number of halogens is 4. The average Bonchev–Trinajstić information content (AvgIpc) is 2.72. The van der Waals surface area contributed by atoms with E-state index in [1.54, 1.807) is 0 Å². The number of benzene rings is 2. The van der Waals surface area contributed by atoms with Crippen molar-refractivity contribution in [2.24, 2.45) is 4.99 Å². The number of rotatable bonds is 8. The summed E-state index contributed by atoms with van der Waals surface area (Å²) >= 11 is 0. The quantitative estimate of drug-likeness (QED) is 0.200. The maximum absolute atomic E-state index is 13.7. The molecule has 31 heavy (non-hydrogen) atoms. The van der Waals surface area contributed by atoms with Gasteiger partial charge in [-0.15, -0.1) is 24.0 Å². The highest BCUT2D eigenvalue weighted by molar-refractivity contribution is 14.0. The molecular formula is C21H26F3IN4O2. The Morgan fingerprint density at radius 2 is 1.81 bits per heavy atom. The molecule has 0 spiro atoms. The van der Waals surface area contributed by atoms with Crippen LogP contribution in [0, 0.1) is 24.4 Å². The Labute approximate surface area is 196 Å². The van der Waals surface area contributed by atoms with Gasteiger partial charge in [-0.1, -0.05) is 12.1 Å². The molecule has 2 aromatic rings. The van der Waals surface area contributed by atoms with Gasteiger partial charge in [-0.2, -0.15) is 0 Å². The molecule has 170 valence electrons. The van der Waals surface area contributed by atoms with Crippen LogP contribution in [0.15, 0.2) is 35.3 Å². The van der Waals surface area contributed by atoms with Gasteiger partial charge in [0.1, 0.15) is 5.75 Å². The molecule has 0 unspecified atom stereocenters. The van der Waals surface area contributed by atoms with Gasteiger partial charge in [0, 0.05) is 12.1 Å². The van der Waals surface area contributed by atoms with Gasteiger partial charge < -0.3 is 20.7 Å². The van der Waals surface area contributed by atoms with E-state index in [2.05, 4.69) is 20.9 Å². The minimum Gasteiger partial charge on any atom is -0.494 e. The lowest BCUT2D eigenvalue weighted by Gasteiger charge is -2.13. The molecule has 0 aromatic heterocycles. The summed E-state index contributed by atoms with van der Waals surface area (Å²) in [5.41, 5.74) is 1.51. The first-order valence-electron chi connectivity index (χ1n) is 9.53. The zero-order valence-corrected chi connectivity index (χ0v) is 19.9. The van der Waals surface area contributed by atoms with E-state index in [0.29, 0.717) is 25.7 Å². The topological polar surface area (TPSA) is 74.8 Å². The van der Waals surface area contributed by atoms with Crippen molar-refractivity contribution in [3.8, 4) is 5.75 Å². The lowest BCUT2D eigenvalue weighted by Crippen LogP contribution is -2.41. The summed E-state index contributed by atoms with van der Waals surface area (Å²) < 4.78 is 45.6. The number of carbonyl (C=O) groups is 1. The number of carbonyl (C=O) groups excluding carboxylic acids is 1. The van der Waals surface area contributed by atoms with Crippen LogP contribution in [0.25, 0.3) is 0 Å². The number of hydrogen-bond acceptors (Lipinski definition) is 3. The molecule has 1 amide bonds. The van der Waals surface area contributed by atoms with Crippen molar-refractivity contribution in [1.82, 2.24) is 10.6 Å². The fraction of sp³-hybridized carbons (Fsp3) is 0.333. The minimum atomic E-state index is -1.64. The molecule has 10 heteroatoms. The van der Waals surface area contributed by atoms with Crippen LogP contribution in [0.1, 0.15) is 25.0 Å². The number of ether oxygens (including phenoxy) is 1. The number of aryl methyl sites for hydroxylation is 1. The Bertz CT molecular complexity index is 926. The lowest BCUT2D eigenvalue weighted by atomic mass is 10.1. The van der Waals surface area contributed by atoms with Crippen LogP contribution in [-0.2, 0) is 11.3 Å². The highest BCUT2D eigenvalue weighted by Crippen LogP contribution is 2.21. The van der Waals surface area contributed by atoms with Crippen LogP contribution in [-0.4, -0.2) is 31.6 Å². The molecule has 0 saturated carbocycles. The lowest BCUT2D eigenvalue weighted by molar-refractivity contribution is -0.115. The standard InChI is InChI=1S/C21H25F3N4O2.HI/c1-4-25-21(26-11-14-7-6-13(3)10-17(14)30-5-2)27-12-18(29)28-16-9-8-15(22)19(23)20(16)24;/h6-10H,4-5,11-12H2,1-3H3,(H,28,29)(H2,25,26,27);1H. The molecule has 0 fully saturated rings. The maximum Gasteiger partial charge on any atom is 0.243 e. The van der Waals surface area contributed by atoms with Gasteiger partial charge in [-0.3, -0.25) is 4.79 Å². The van der Waals surface area contributed by atoms with Crippen LogP contribution in [0.2, 0.25) is 0 Å². The number of anilines is 1. The Kier molecular flexibility index (Phi) is 11.2. The van der Waals surface area contributed by atoms with Crippen LogP contribution >= 0.6 is 24.0 Å². The molecule has 0 heterocycles. The Morgan fingerprint density at radius 1 is 1.06 bits per heavy atom. The number of nitrogens with one attached hydrogen (secondary N) is 3. The highest BCUT2D eigenvalue weighted by atomic mass is 127. The summed E-state index contributed by atoms with van der Waals surface area (Å²) in [5.74, 6) is -3.96. The fourth-order valence-corrected chi connectivity index (χ4v) is 2.57. The molecular weight excluding hydrogens is 524 g/mol. The molecule has 2 aromatic carbocycles. The third kappa shape index (κ3) is 7.93. The Morgan fingerprint density at radius 3 is 2.48 bits per heavy atom. The van der Waals surface area contributed by atoms with E-state index in [4.69, 9.17) is 4.74 Å². The van der Waals surface area contributed by atoms with Gasteiger partial charge >= 0.3 is 0 Å². The zero-order chi connectivity index (χ0) is 22.1. The Balaban J connectivity index is 0.00000480. The largest absolute Gasteiger partial charge is 0.494 e. The summed E-state index contributed by atoms with van der Waals surface area (Å²) in [7, 11) is 0. The number of hydrogen-bond donors (Lipinski definition) is 3. The first-order chi connectivity index (χ1) is 14.3. The van der Waals surface area contributed by atoms with E-state index in [9.17, 15) is 18.0 Å². The van der Waals surface area contributed by atoms with E-state index < -0.39 is 29.0 Å². The van der Waals surface area contributed by atoms with Crippen LogP contribution in [0.4, 0.5) is 18.9 Å². The summed E-state index contributed by atoms with van der Waals surface area (Å²) in [6.45, 7) is 6.87. The van der Waals surface area contributed by atoms with Crippen molar-refractivity contribution in [2.45, 2.75) is 27.3 Å². The molecule has 0 aliphatic carbocycles. The van der Waals surface area contributed by atoms with Crippen molar-refractivity contribution in [1.29, 1.82) is 0 Å². The molecule has 0 atom stereocenters. The first kappa shape index (κ1) is 26.5. The monoisotopic (exact) mass is 550 g/mol. The van der Waals surface area contributed by atoms with E-state index in [0.717, 1.165) is 29.0 Å². The fourth-order valence-electron chi connectivity index (χ4n) is 2.57. The normalized spacial score (nSPS) is 10.8. The number of guanidine groups is 1. The van der Waals surface area contributed by atoms with E-state index in [1.165, 1.54) is 0 Å². The second-order valence-electron chi connectivity index (χ2n) is 6.36. The average molecular weight is 550 g/mol. The maximum atomic E-state index is 13.7. The van der Waals surface area contributed by atoms with Gasteiger partial charge in [0.05, 0.1) is 25.4 Å². The van der Waals surface area contributed by atoms with Crippen molar-refractivity contribution in [3.05, 3.63) is 58.9 Å². The molecule has 0 radical (unpaired) electrons. The van der Waals surface area contributed by atoms with Crippen LogP contribution < -0.4 is 20.7 Å². The van der Waals surface area contributed by atoms with Crippen molar-refractivity contribution in [3.63, 3.8) is 0 Å². The number of nitrogens with zero attached hydrogens (tertiary/aromatic N) is 1. The van der Waals surface area contributed by atoms with Crippen molar-refractivity contribution < 1.29 is 22.7 Å². The molecule has 2 rings (SSSR count). The predicted octanol–water partition coefficient (Wildman–Crippen LogP) is 4.12. The number of amides is 1. The first-order valence-corrected chi connectivity index (χ1v) is 9.53. The summed E-state index contributed by atoms with van der Waals surface area (Å²) in [5, 5.41) is 8.01. The van der Waals surface area contributed by atoms with Gasteiger partial charge in [-0.05, 0) is 44.5 Å². The van der Waals surface area contributed by atoms with Crippen LogP contribution in [0.3, 0.4) is 0 Å². The summed E-state index contributed by atoms with van der Waals surface area (Å²) in [4.78, 5) is 16.5. The van der Waals surface area contributed by atoms with Crippen LogP contribution in [0.5, 0.6) is 5.75 Å². The van der Waals surface area contributed by atoms with Gasteiger partial charge in [0.2, 0.25) is 5.91 Å². The molecule has 0 aliphatic rings. The third-order valence-electron chi connectivity index (χ3n) is 4.00. The predicted molar refractivity (Wildman–Crippen MR) is 126 cm³/mol. The molecule has 6 nitrogen and oxygen atoms in total. The van der Waals surface area contributed by atoms with E-state index in [1.807, 2.05) is 39.0 Å². The summed E-state index contributed by atoms with van der Waals surface area (Å²) in [6.07, 6.45) is 0. The zero-order valence-electron chi connectivity index (χ0n) is 17.5. The smallest absolute Gasteiger partial charge is 0.243 e. The van der Waals surface area contributed by atoms with Gasteiger partial charge in [-0.25, -0.2) is 18.2 Å². The van der Waals surface area contributed by atoms with Crippen molar-refractivity contribution >= 4 is 41.5 Å². The summed E-state index contributed by atoms with van der Waals surface area (Å²) in [6, 6.07) is 7.50. The Hall–Kier alpha value is -2.50. The van der Waals surface area contributed by atoms with Crippen molar-refractivity contribution in [2.75, 3.05) is 25.0 Å². The second kappa shape index (κ2) is 13.0. The molecule has 0 aliphatic heterocycles. The highest BCUT2D eigenvalue weighted by Gasteiger charge is 2.15. The third-order valence-corrected chi connectivity index (χ3v) is 4.00. The minimum absolute atomic E-state index is 0. The van der Waals surface area contributed by atoms with Gasteiger partial charge in [0.15, 0.2) is 23.4 Å². The van der Waals surface area contributed by atoms with Gasteiger partial charge in [0.25, 0.3) is 0 Å². The molecule has 3 N–H and O–H groups in total. The molecule has 0 saturated heterocycles. The SMILES string of the molecule is CCNC(=NCc1ccc(C)cc1OCC)NCC(=O)Nc1ccc(F)c(F)c1F.I. The van der Waals surface area contributed by atoms with E-state index in [-0.39, 0.29) is 30.5 Å². The van der Waals surface area contributed by atoms with E-state index >= 15 is 0 Å². The second-order valence-corrected chi connectivity index (χ2v) is 6.36.